The first kappa shape index (κ1) is 15.6. The summed E-state index contributed by atoms with van der Waals surface area (Å²) in [4.78, 5) is 16.8. The number of piperazine rings is 1. The number of benzene rings is 2. The molecule has 0 bridgehead atoms. The fraction of sp³-hybridized carbons (Fsp3) is 0.316. The monoisotopic (exact) mass is 310 g/mol. The van der Waals surface area contributed by atoms with Gasteiger partial charge >= 0.3 is 0 Å². The van der Waals surface area contributed by atoms with Gasteiger partial charge < -0.3 is 9.64 Å². The fourth-order valence-electron chi connectivity index (χ4n) is 2.95. The van der Waals surface area contributed by atoms with Crippen LogP contribution in [0.1, 0.15) is 15.9 Å². The van der Waals surface area contributed by atoms with Gasteiger partial charge in [-0.25, -0.2) is 0 Å². The Morgan fingerprint density at radius 1 is 0.957 bits per heavy atom. The molecule has 1 aliphatic heterocycles. The van der Waals surface area contributed by atoms with Crippen LogP contribution in [-0.2, 0) is 6.54 Å². The summed E-state index contributed by atoms with van der Waals surface area (Å²) in [6.07, 6.45) is 0. The molecule has 2 aromatic rings. The third kappa shape index (κ3) is 3.71. The Labute approximate surface area is 137 Å². The Kier molecular flexibility index (Phi) is 4.93. The van der Waals surface area contributed by atoms with E-state index in [1.165, 1.54) is 5.56 Å². The molecule has 4 nitrogen and oxygen atoms in total. The average molecular weight is 310 g/mol. The molecule has 23 heavy (non-hydrogen) atoms. The molecule has 2 aromatic carbocycles. The van der Waals surface area contributed by atoms with Gasteiger partial charge in [0.1, 0.15) is 5.75 Å². The molecule has 120 valence electrons. The Balaban J connectivity index is 1.57. The summed E-state index contributed by atoms with van der Waals surface area (Å²) in [7, 11) is 1.70. The van der Waals surface area contributed by atoms with Crippen LogP contribution < -0.4 is 4.74 Å². The Hall–Kier alpha value is -2.33. The highest BCUT2D eigenvalue weighted by molar-refractivity contribution is 5.94. The van der Waals surface area contributed by atoms with E-state index in [-0.39, 0.29) is 5.91 Å². The number of ether oxygens (including phenoxy) is 1. The van der Waals surface area contributed by atoms with E-state index in [9.17, 15) is 4.79 Å². The van der Waals surface area contributed by atoms with E-state index < -0.39 is 0 Å². The van der Waals surface area contributed by atoms with Crippen LogP contribution in [0.2, 0.25) is 0 Å². The zero-order valence-electron chi connectivity index (χ0n) is 13.4. The first-order valence-corrected chi connectivity index (χ1v) is 7.96. The summed E-state index contributed by atoms with van der Waals surface area (Å²) < 4.78 is 5.41. The quantitative estimate of drug-likeness (QED) is 0.870. The van der Waals surface area contributed by atoms with Crippen LogP contribution in [-0.4, -0.2) is 49.0 Å². The van der Waals surface area contributed by atoms with Crippen LogP contribution in [0, 0.1) is 0 Å². The molecule has 1 fully saturated rings. The Morgan fingerprint density at radius 3 is 2.30 bits per heavy atom. The van der Waals surface area contributed by atoms with E-state index in [1.54, 1.807) is 7.11 Å². The zero-order chi connectivity index (χ0) is 16.1. The van der Waals surface area contributed by atoms with Crippen molar-refractivity contribution in [2.75, 3.05) is 33.3 Å². The molecule has 0 aliphatic carbocycles. The van der Waals surface area contributed by atoms with Gasteiger partial charge in [-0.05, 0) is 18.2 Å². The number of hydrogen-bond acceptors (Lipinski definition) is 3. The number of nitrogens with zero attached hydrogens (tertiary/aromatic N) is 2. The van der Waals surface area contributed by atoms with Gasteiger partial charge in [-0.2, -0.15) is 0 Å². The van der Waals surface area contributed by atoms with E-state index in [0.29, 0.717) is 0 Å². The normalized spacial score (nSPS) is 15.4. The predicted octanol–water partition coefficient (Wildman–Crippen LogP) is 2.65. The van der Waals surface area contributed by atoms with Gasteiger partial charge in [0.15, 0.2) is 0 Å². The van der Waals surface area contributed by atoms with Crippen molar-refractivity contribution in [3.63, 3.8) is 0 Å². The number of para-hydroxylation sites is 1. The highest BCUT2D eigenvalue weighted by Gasteiger charge is 2.22. The molecule has 1 aliphatic rings. The number of carbonyl (C=O) groups excluding carboxylic acids is 1. The van der Waals surface area contributed by atoms with Gasteiger partial charge in [0.05, 0.1) is 7.11 Å². The molecule has 0 radical (unpaired) electrons. The van der Waals surface area contributed by atoms with Crippen molar-refractivity contribution in [2.45, 2.75) is 6.54 Å². The molecule has 3 rings (SSSR count). The lowest BCUT2D eigenvalue weighted by Crippen LogP contribution is -2.48. The Bertz CT molecular complexity index is 649. The maximum absolute atomic E-state index is 12.5. The van der Waals surface area contributed by atoms with Crippen molar-refractivity contribution < 1.29 is 9.53 Å². The van der Waals surface area contributed by atoms with Crippen molar-refractivity contribution in [1.82, 2.24) is 9.80 Å². The summed E-state index contributed by atoms with van der Waals surface area (Å²) in [5.74, 6) is 1.05. The second kappa shape index (κ2) is 7.29. The highest BCUT2D eigenvalue weighted by Crippen LogP contribution is 2.20. The van der Waals surface area contributed by atoms with Gasteiger partial charge in [0.2, 0.25) is 0 Å². The molecule has 4 heteroatoms. The molecule has 0 unspecified atom stereocenters. The second-order valence-corrected chi connectivity index (χ2v) is 5.75. The van der Waals surface area contributed by atoms with E-state index in [2.05, 4.69) is 11.0 Å². The van der Waals surface area contributed by atoms with E-state index >= 15 is 0 Å². The van der Waals surface area contributed by atoms with Crippen LogP contribution in [0.3, 0.4) is 0 Å². The molecular formula is C19H22N2O2. The molecule has 1 heterocycles. The van der Waals surface area contributed by atoms with Gasteiger partial charge in [0.25, 0.3) is 5.91 Å². The lowest BCUT2D eigenvalue weighted by molar-refractivity contribution is 0.0627. The molecule has 0 atom stereocenters. The first-order chi connectivity index (χ1) is 11.3. The first-order valence-electron chi connectivity index (χ1n) is 7.96. The SMILES string of the molecule is COc1ccccc1CN1CCN(C(=O)c2ccccc2)CC1. The van der Waals surface area contributed by atoms with Gasteiger partial charge in [-0.1, -0.05) is 36.4 Å². The molecule has 0 saturated carbocycles. The number of hydrogen-bond donors (Lipinski definition) is 0. The van der Waals surface area contributed by atoms with Gasteiger partial charge in [-0.3, -0.25) is 9.69 Å². The highest BCUT2D eigenvalue weighted by atomic mass is 16.5. The van der Waals surface area contributed by atoms with Crippen LogP contribution in [0.25, 0.3) is 0 Å². The van der Waals surface area contributed by atoms with Crippen molar-refractivity contribution in [3.8, 4) is 5.75 Å². The summed E-state index contributed by atoms with van der Waals surface area (Å²) in [5, 5.41) is 0. The van der Waals surface area contributed by atoms with E-state index in [4.69, 9.17) is 4.74 Å². The van der Waals surface area contributed by atoms with Crippen molar-refractivity contribution in [1.29, 1.82) is 0 Å². The molecule has 0 N–H and O–H groups in total. The summed E-state index contributed by atoms with van der Waals surface area (Å²) in [6, 6.07) is 17.6. The summed E-state index contributed by atoms with van der Waals surface area (Å²) >= 11 is 0. The maximum atomic E-state index is 12.5. The summed E-state index contributed by atoms with van der Waals surface area (Å²) in [5.41, 5.74) is 1.96. The van der Waals surface area contributed by atoms with Crippen molar-refractivity contribution in [3.05, 3.63) is 65.7 Å². The van der Waals surface area contributed by atoms with E-state index in [1.807, 2.05) is 53.4 Å². The topological polar surface area (TPSA) is 32.8 Å². The van der Waals surface area contributed by atoms with E-state index in [0.717, 1.165) is 44.0 Å². The second-order valence-electron chi connectivity index (χ2n) is 5.75. The number of carbonyl (C=O) groups is 1. The molecular weight excluding hydrogens is 288 g/mol. The van der Waals surface area contributed by atoms with Crippen LogP contribution in [0.4, 0.5) is 0 Å². The van der Waals surface area contributed by atoms with Gasteiger partial charge in [-0.15, -0.1) is 0 Å². The number of rotatable bonds is 4. The zero-order valence-corrected chi connectivity index (χ0v) is 13.4. The smallest absolute Gasteiger partial charge is 0.253 e. The lowest BCUT2D eigenvalue weighted by Gasteiger charge is -2.35. The van der Waals surface area contributed by atoms with Crippen LogP contribution in [0.15, 0.2) is 54.6 Å². The van der Waals surface area contributed by atoms with Crippen LogP contribution >= 0.6 is 0 Å². The minimum absolute atomic E-state index is 0.127. The number of methoxy groups -OCH3 is 1. The number of amides is 1. The predicted molar refractivity (Wildman–Crippen MR) is 90.6 cm³/mol. The van der Waals surface area contributed by atoms with Gasteiger partial charge in [0, 0.05) is 43.9 Å². The Morgan fingerprint density at radius 2 is 1.61 bits per heavy atom. The average Bonchev–Trinajstić information content (AvgIpc) is 2.63. The third-order valence-electron chi connectivity index (χ3n) is 4.27. The third-order valence-corrected chi connectivity index (χ3v) is 4.27. The molecule has 1 amide bonds. The molecule has 0 spiro atoms. The van der Waals surface area contributed by atoms with Crippen molar-refractivity contribution >= 4 is 5.91 Å². The molecule has 0 aromatic heterocycles. The standard InChI is InChI=1S/C19H22N2O2/c1-23-18-10-6-5-9-17(18)15-20-11-13-21(14-12-20)19(22)16-7-3-2-4-8-16/h2-10H,11-15H2,1H3. The van der Waals surface area contributed by atoms with Crippen molar-refractivity contribution in [2.24, 2.45) is 0 Å². The largest absolute Gasteiger partial charge is 0.496 e. The maximum Gasteiger partial charge on any atom is 0.253 e. The minimum Gasteiger partial charge on any atom is -0.496 e. The van der Waals surface area contributed by atoms with Crippen LogP contribution in [0.5, 0.6) is 5.75 Å². The summed E-state index contributed by atoms with van der Waals surface area (Å²) in [6.45, 7) is 4.16. The lowest BCUT2D eigenvalue weighted by atomic mass is 10.1. The fourth-order valence-corrected chi connectivity index (χ4v) is 2.95. The molecule has 1 saturated heterocycles. The minimum atomic E-state index is 0.127.